The maximum absolute atomic E-state index is 13.6. The van der Waals surface area contributed by atoms with Crippen LogP contribution in [0.1, 0.15) is 65.3 Å². The SMILES string of the molecule is COc1cc(C=Nn2c(C3CCCCC3)nc3ccc(Br)cc3c2=O)cc([N+](=O)[O-])c1OCc1cccc(C(=O)O)c1. The van der Waals surface area contributed by atoms with Crippen molar-refractivity contribution in [2.45, 2.75) is 44.6 Å². The number of hydrogen-bond acceptors (Lipinski definition) is 8. The number of benzene rings is 3. The highest BCUT2D eigenvalue weighted by molar-refractivity contribution is 9.10. The summed E-state index contributed by atoms with van der Waals surface area (Å²) in [6.45, 7) is -0.121. The smallest absolute Gasteiger partial charge is 0.335 e. The predicted octanol–water partition coefficient (Wildman–Crippen LogP) is 6.28. The molecule has 216 valence electrons. The molecule has 1 aromatic heterocycles. The minimum absolute atomic E-state index is 0.0657. The van der Waals surface area contributed by atoms with Crippen molar-refractivity contribution < 1.29 is 24.3 Å². The van der Waals surface area contributed by atoms with E-state index in [0.717, 1.165) is 36.6 Å². The second-order valence-corrected chi connectivity index (χ2v) is 10.9. The van der Waals surface area contributed by atoms with Gasteiger partial charge in [-0.1, -0.05) is 47.3 Å². The number of ether oxygens (including phenoxy) is 2. The van der Waals surface area contributed by atoms with Gasteiger partial charge in [0.25, 0.3) is 5.56 Å². The first-order valence-corrected chi connectivity index (χ1v) is 14.1. The molecule has 1 saturated carbocycles. The van der Waals surface area contributed by atoms with Crippen LogP contribution < -0.4 is 15.0 Å². The highest BCUT2D eigenvalue weighted by Gasteiger charge is 2.24. The minimum Gasteiger partial charge on any atom is -0.493 e. The molecule has 0 amide bonds. The van der Waals surface area contributed by atoms with Crippen molar-refractivity contribution in [2.75, 3.05) is 7.11 Å². The van der Waals surface area contributed by atoms with E-state index in [1.54, 1.807) is 24.3 Å². The fraction of sp³-hybridized carbons (Fsp3) is 0.267. The molecule has 3 aromatic carbocycles. The number of nitrogens with zero attached hydrogens (tertiary/aromatic N) is 4. The van der Waals surface area contributed by atoms with E-state index in [1.807, 2.05) is 6.07 Å². The first-order valence-electron chi connectivity index (χ1n) is 13.3. The monoisotopic (exact) mass is 634 g/mol. The lowest BCUT2D eigenvalue weighted by Gasteiger charge is -2.22. The molecule has 0 unspecified atom stereocenters. The van der Waals surface area contributed by atoms with Crippen molar-refractivity contribution >= 4 is 44.7 Å². The lowest BCUT2D eigenvalue weighted by molar-refractivity contribution is -0.386. The van der Waals surface area contributed by atoms with E-state index in [4.69, 9.17) is 14.5 Å². The Morgan fingerprint density at radius 3 is 2.69 bits per heavy atom. The summed E-state index contributed by atoms with van der Waals surface area (Å²) in [6, 6.07) is 14.2. The molecule has 1 heterocycles. The number of aromatic carboxylic acids is 1. The predicted molar refractivity (Wildman–Crippen MR) is 160 cm³/mol. The quantitative estimate of drug-likeness (QED) is 0.128. The first-order chi connectivity index (χ1) is 20.2. The summed E-state index contributed by atoms with van der Waals surface area (Å²) in [7, 11) is 1.36. The van der Waals surface area contributed by atoms with Crippen molar-refractivity contribution in [1.82, 2.24) is 9.66 Å². The number of methoxy groups -OCH3 is 1. The zero-order chi connectivity index (χ0) is 29.8. The number of carboxylic acid groups (broad SMARTS) is 1. The standard InChI is InChI=1S/C30H27BrN4O7/c1-41-26-14-19(13-25(35(39)40)27(26)42-17-18-6-5-9-21(12-18)30(37)38)16-32-34-28(20-7-3-2-4-8-20)33-24-11-10-22(31)15-23(24)29(34)36/h5-6,9-16,20H,2-4,7-8,17H2,1H3,(H,37,38). The van der Waals surface area contributed by atoms with Crippen LogP contribution in [0.4, 0.5) is 5.69 Å². The van der Waals surface area contributed by atoms with Crippen LogP contribution in [0.5, 0.6) is 11.5 Å². The van der Waals surface area contributed by atoms with Gasteiger partial charge in [0.05, 0.1) is 34.7 Å². The van der Waals surface area contributed by atoms with Crippen molar-refractivity contribution in [2.24, 2.45) is 5.10 Å². The third-order valence-electron chi connectivity index (χ3n) is 7.16. The van der Waals surface area contributed by atoms with Gasteiger partial charge in [-0.3, -0.25) is 14.9 Å². The Hall–Kier alpha value is -4.58. The molecular formula is C30H27BrN4O7. The van der Waals surface area contributed by atoms with Gasteiger partial charge in [0, 0.05) is 22.0 Å². The molecule has 4 aromatic rings. The molecule has 0 spiro atoms. The Morgan fingerprint density at radius 2 is 1.98 bits per heavy atom. The van der Waals surface area contributed by atoms with E-state index in [2.05, 4.69) is 21.0 Å². The van der Waals surface area contributed by atoms with Gasteiger partial charge in [-0.05, 0) is 54.8 Å². The molecule has 12 heteroatoms. The van der Waals surface area contributed by atoms with Crippen molar-refractivity contribution in [1.29, 1.82) is 0 Å². The van der Waals surface area contributed by atoms with Crippen LogP contribution in [0, 0.1) is 10.1 Å². The molecule has 5 rings (SSSR count). The van der Waals surface area contributed by atoms with E-state index >= 15 is 0 Å². The van der Waals surface area contributed by atoms with Crippen LogP contribution in [0.25, 0.3) is 10.9 Å². The van der Waals surface area contributed by atoms with Crippen LogP contribution in [-0.4, -0.2) is 39.0 Å². The fourth-order valence-corrected chi connectivity index (χ4v) is 5.45. The van der Waals surface area contributed by atoms with Crippen LogP contribution >= 0.6 is 15.9 Å². The average molecular weight is 635 g/mol. The first kappa shape index (κ1) is 28.9. The Labute approximate surface area is 248 Å². The van der Waals surface area contributed by atoms with Crippen molar-refractivity contribution in [3.8, 4) is 11.5 Å². The van der Waals surface area contributed by atoms with E-state index in [1.165, 1.54) is 42.3 Å². The largest absolute Gasteiger partial charge is 0.493 e. The van der Waals surface area contributed by atoms with Gasteiger partial charge < -0.3 is 14.6 Å². The summed E-state index contributed by atoms with van der Waals surface area (Å²) >= 11 is 3.41. The lowest BCUT2D eigenvalue weighted by Crippen LogP contribution is -2.25. The van der Waals surface area contributed by atoms with Crippen molar-refractivity contribution in [3.63, 3.8) is 0 Å². The molecule has 11 nitrogen and oxygen atoms in total. The number of hydrogen-bond donors (Lipinski definition) is 1. The van der Waals surface area contributed by atoms with Crippen LogP contribution in [-0.2, 0) is 6.61 Å². The molecule has 1 fully saturated rings. The third kappa shape index (κ3) is 6.18. The summed E-state index contributed by atoms with van der Waals surface area (Å²) in [5.41, 5.74) is 0.788. The lowest BCUT2D eigenvalue weighted by atomic mass is 9.88. The van der Waals surface area contributed by atoms with Gasteiger partial charge in [0.1, 0.15) is 12.4 Å². The van der Waals surface area contributed by atoms with Crippen molar-refractivity contribution in [3.05, 3.63) is 102 Å². The third-order valence-corrected chi connectivity index (χ3v) is 7.65. The minimum atomic E-state index is -1.09. The van der Waals surface area contributed by atoms with Crippen LogP contribution in [0.3, 0.4) is 0 Å². The molecule has 0 aliphatic heterocycles. The zero-order valence-electron chi connectivity index (χ0n) is 22.7. The van der Waals surface area contributed by atoms with Gasteiger partial charge >= 0.3 is 11.7 Å². The second kappa shape index (κ2) is 12.5. The highest BCUT2D eigenvalue weighted by Crippen LogP contribution is 2.39. The normalized spacial score (nSPS) is 13.9. The number of halogens is 1. The van der Waals surface area contributed by atoms with Gasteiger partial charge in [-0.15, -0.1) is 0 Å². The summed E-state index contributed by atoms with van der Waals surface area (Å²) in [5.74, 6) is -0.492. The number of nitro benzene ring substituents is 1. The Morgan fingerprint density at radius 1 is 1.19 bits per heavy atom. The van der Waals surface area contributed by atoms with E-state index in [-0.39, 0.29) is 40.8 Å². The van der Waals surface area contributed by atoms with Gasteiger partial charge in [0.15, 0.2) is 5.75 Å². The van der Waals surface area contributed by atoms with E-state index in [9.17, 15) is 24.8 Å². The number of rotatable bonds is 9. The molecule has 1 N–H and O–H groups in total. The summed E-state index contributed by atoms with van der Waals surface area (Å²) in [5, 5.41) is 26.2. The molecule has 42 heavy (non-hydrogen) atoms. The van der Waals surface area contributed by atoms with E-state index in [0.29, 0.717) is 27.9 Å². The Bertz CT molecular complexity index is 1760. The molecule has 0 saturated heterocycles. The van der Waals surface area contributed by atoms with Crippen LogP contribution in [0.2, 0.25) is 0 Å². The topological polar surface area (TPSA) is 146 Å². The highest BCUT2D eigenvalue weighted by atomic mass is 79.9. The van der Waals surface area contributed by atoms with Gasteiger partial charge in [-0.25, -0.2) is 9.78 Å². The zero-order valence-corrected chi connectivity index (χ0v) is 24.2. The van der Waals surface area contributed by atoms with Gasteiger partial charge in [0.2, 0.25) is 5.75 Å². The molecule has 0 radical (unpaired) electrons. The fourth-order valence-electron chi connectivity index (χ4n) is 5.09. The number of fused-ring (bicyclic) bond motifs is 1. The maximum atomic E-state index is 13.6. The van der Waals surface area contributed by atoms with Crippen LogP contribution in [0.15, 0.2) is 69.0 Å². The second-order valence-electron chi connectivity index (χ2n) is 9.95. The molecule has 1 aliphatic rings. The maximum Gasteiger partial charge on any atom is 0.335 e. The molecule has 0 atom stereocenters. The van der Waals surface area contributed by atoms with Gasteiger partial charge in [-0.2, -0.15) is 9.78 Å². The Balaban J connectivity index is 1.53. The number of nitro groups is 1. The summed E-state index contributed by atoms with van der Waals surface area (Å²) in [6.07, 6.45) is 6.36. The van der Waals surface area contributed by atoms with E-state index < -0.39 is 10.9 Å². The Kier molecular flexibility index (Phi) is 8.62. The molecule has 1 aliphatic carbocycles. The number of carboxylic acids is 1. The molecular weight excluding hydrogens is 608 g/mol. The number of carbonyl (C=O) groups is 1. The average Bonchev–Trinajstić information content (AvgIpc) is 3.00. The summed E-state index contributed by atoms with van der Waals surface area (Å²) < 4.78 is 13.2. The summed E-state index contributed by atoms with van der Waals surface area (Å²) in [4.78, 5) is 41.2. The number of aromatic nitrogens is 2. The molecule has 0 bridgehead atoms.